The predicted molar refractivity (Wildman–Crippen MR) is 80.7 cm³/mol. The summed E-state index contributed by atoms with van der Waals surface area (Å²) in [4.78, 5) is 3.91. The molecule has 0 radical (unpaired) electrons. The Bertz CT molecular complexity index is 715. The van der Waals surface area contributed by atoms with Gasteiger partial charge in [-0.15, -0.1) is 5.10 Å². The maximum absolute atomic E-state index is 12.2. The minimum absolute atomic E-state index is 0.136. The van der Waals surface area contributed by atoms with E-state index in [0.717, 1.165) is 0 Å². The Labute approximate surface area is 129 Å². The van der Waals surface area contributed by atoms with Gasteiger partial charge in [0.25, 0.3) is 0 Å². The normalized spacial score (nSPS) is 13.0. The van der Waals surface area contributed by atoms with Gasteiger partial charge in [-0.3, -0.25) is 9.55 Å². The Hall–Kier alpha value is -2.00. The van der Waals surface area contributed by atoms with E-state index in [1.807, 2.05) is 6.92 Å². The van der Waals surface area contributed by atoms with E-state index in [1.54, 1.807) is 29.8 Å². The first kappa shape index (κ1) is 16.4. The minimum atomic E-state index is -3.52. The minimum Gasteiger partial charge on any atom is -0.467 e. The van der Waals surface area contributed by atoms with Crippen molar-refractivity contribution in [3.63, 3.8) is 0 Å². The van der Waals surface area contributed by atoms with Gasteiger partial charge in [0.1, 0.15) is 0 Å². The molecule has 1 N–H and O–H groups in total. The van der Waals surface area contributed by atoms with Crippen LogP contribution in [0.2, 0.25) is 0 Å². The molecule has 2 heterocycles. The van der Waals surface area contributed by atoms with Crippen molar-refractivity contribution in [3.8, 4) is 6.01 Å². The number of methoxy groups -OCH3 is 1. The Morgan fingerprint density at radius 1 is 1.41 bits per heavy atom. The molecular weight excluding hydrogens is 306 g/mol. The second-order valence-electron chi connectivity index (χ2n) is 4.75. The quantitative estimate of drug-likeness (QED) is 0.811. The third-order valence-corrected chi connectivity index (χ3v) is 4.49. The molecule has 0 unspecified atom stereocenters. The van der Waals surface area contributed by atoms with E-state index in [-0.39, 0.29) is 5.75 Å². The molecule has 9 heteroatoms. The number of hydrogen-bond donors (Lipinski definition) is 1. The van der Waals surface area contributed by atoms with Gasteiger partial charge in [-0.05, 0) is 25.5 Å². The largest absolute Gasteiger partial charge is 0.467 e. The van der Waals surface area contributed by atoms with E-state index in [4.69, 9.17) is 4.74 Å². The Morgan fingerprint density at radius 3 is 2.77 bits per heavy atom. The molecule has 2 aromatic heterocycles. The Balaban J connectivity index is 2.14. The smallest absolute Gasteiger partial charge is 0.316 e. The first-order valence-electron chi connectivity index (χ1n) is 6.82. The molecule has 0 amide bonds. The van der Waals surface area contributed by atoms with Crippen molar-refractivity contribution < 1.29 is 13.2 Å². The molecule has 0 aliphatic carbocycles. The highest BCUT2D eigenvalue weighted by atomic mass is 32.2. The van der Waals surface area contributed by atoms with E-state index in [1.165, 1.54) is 13.3 Å². The van der Waals surface area contributed by atoms with E-state index in [9.17, 15) is 8.42 Å². The van der Waals surface area contributed by atoms with Crippen molar-refractivity contribution in [2.24, 2.45) is 0 Å². The van der Waals surface area contributed by atoms with Crippen molar-refractivity contribution >= 4 is 10.0 Å². The lowest BCUT2D eigenvalue weighted by atomic mass is 10.3. The fraction of sp³-hybridized carbons (Fsp3) is 0.462. The summed E-state index contributed by atoms with van der Waals surface area (Å²) < 4.78 is 33.9. The number of aromatic nitrogens is 4. The summed E-state index contributed by atoms with van der Waals surface area (Å²) in [6, 6.07) is 3.26. The van der Waals surface area contributed by atoms with Crippen LogP contribution < -0.4 is 9.46 Å². The molecule has 0 bridgehead atoms. The number of hydrogen-bond acceptors (Lipinski definition) is 6. The lowest BCUT2D eigenvalue weighted by Gasteiger charge is -2.15. The van der Waals surface area contributed by atoms with Crippen molar-refractivity contribution in [1.29, 1.82) is 0 Å². The van der Waals surface area contributed by atoms with Crippen LogP contribution in [0.3, 0.4) is 0 Å². The van der Waals surface area contributed by atoms with Gasteiger partial charge in [0.15, 0.2) is 5.82 Å². The van der Waals surface area contributed by atoms with E-state index >= 15 is 0 Å². The predicted octanol–water partition coefficient (Wildman–Crippen LogP) is 0.882. The van der Waals surface area contributed by atoms with Gasteiger partial charge in [-0.2, -0.15) is 0 Å². The zero-order chi connectivity index (χ0) is 16.2. The topological polar surface area (TPSA) is 99.0 Å². The molecule has 22 heavy (non-hydrogen) atoms. The summed E-state index contributed by atoms with van der Waals surface area (Å²) in [6.45, 7) is 4.21. The molecule has 8 nitrogen and oxygen atoms in total. The van der Waals surface area contributed by atoms with Gasteiger partial charge in [-0.25, -0.2) is 13.1 Å². The summed E-state index contributed by atoms with van der Waals surface area (Å²) in [5.41, 5.74) is 0.622. The van der Waals surface area contributed by atoms with Crippen LogP contribution in [0.1, 0.15) is 31.3 Å². The molecule has 0 saturated heterocycles. The van der Waals surface area contributed by atoms with Gasteiger partial charge in [-0.1, -0.05) is 11.2 Å². The van der Waals surface area contributed by atoms with Crippen LogP contribution in [0.4, 0.5) is 0 Å². The zero-order valence-electron chi connectivity index (χ0n) is 12.7. The van der Waals surface area contributed by atoms with Gasteiger partial charge in [0, 0.05) is 18.9 Å². The first-order chi connectivity index (χ1) is 10.5. The maximum atomic E-state index is 12.2. The summed E-state index contributed by atoms with van der Waals surface area (Å²) in [6.07, 6.45) is 3.13. The molecule has 0 spiro atoms. The number of pyridine rings is 1. The second kappa shape index (κ2) is 6.84. The van der Waals surface area contributed by atoms with Crippen LogP contribution in [0.25, 0.3) is 0 Å². The van der Waals surface area contributed by atoms with Crippen molar-refractivity contribution in [3.05, 3.63) is 35.9 Å². The highest BCUT2D eigenvalue weighted by molar-refractivity contribution is 7.88. The molecular formula is C13H19N5O3S. The molecule has 0 aliphatic heterocycles. The Kier molecular flexibility index (Phi) is 5.09. The van der Waals surface area contributed by atoms with Gasteiger partial charge >= 0.3 is 6.01 Å². The van der Waals surface area contributed by atoms with E-state index in [0.29, 0.717) is 23.9 Å². The van der Waals surface area contributed by atoms with Crippen LogP contribution in [-0.2, 0) is 22.3 Å². The standard InChI is InChI=1S/C13H19N5O3S/c1-4-18-12(15-16-13(18)21-3)10(2)17-22(19,20)9-11-6-5-7-14-8-11/h5-8,10,17H,4,9H2,1-3H3/t10-/m1/s1. The lowest BCUT2D eigenvalue weighted by Crippen LogP contribution is -2.30. The number of sulfonamides is 1. The summed E-state index contributed by atoms with van der Waals surface area (Å²) in [5.74, 6) is 0.372. The number of rotatable bonds is 7. The highest BCUT2D eigenvalue weighted by Crippen LogP contribution is 2.17. The van der Waals surface area contributed by atoms with E-state index in [2.05, 4.69) is 19.9 Å². The molecule has 0 saturated carbocycles. The molecule has 2 aromatic rings. The number of ether oxygens (including phenoxy) is 1. The van der Waals surface area contributed by atoms with Gasteiger partial charge in [0.2, 0.25) is 10.0 Å². The molecule has 0 aliphatic rings. The molecule has 0 fully saturated rings. The number of nitrogens with one attached hydrogen (secondary N) is 1. The molecule has 1 atom stereocenters. The van der Waals surface area contributed by atoms with Gasteiger partial charge < -0.3 is 4.74 Å². The summed E-state index contributed by atoms with van der Waals surface area (Å²) in [5, 5.41) is 7.88. The summed E-state index contributed by atoms with van der Waals surface area (Å²) in [7, 11) is -2.02. The second-order valence-corrected chi connectivity index (χ2v) is 6.50. The fourth-order valence-corrected chi connectivity index (χ4v) is 3.47. The van der Waals surface area contributed by atoms with E-state index < -0.39 is 16.1 Å². The SMILES string of the molecule is CCn1c(OC)nnc1[C@@H](C)NS(=O)(=O)Cc1cccnc1. The van der Waals surface area contributed by atoms with Gasteiger partial charge in [0.05, 0.1) is 18.9 Å². The third-order valence-electron chi connectivity index (χ3n) is 3.07. The average Bonchev–Trinajstić information content (AvgIpc) is 2.90. The lowest BCUT2D eigenvalue weighted by molar-refractivity contribution is 0.354. The molecule has 120 valence electrons. The molecule has 0 aromatic carbocycles. The molecule has 2 rings (SSSR count). The van der Waals surface area contributed by atoms with Crippen LogP contribution >= 0.6 is 0 Å². The number of nitrogens with zero attached hydrogens (tertiary/aromatic N) is 4. The summed E-state index contributed by atoms with van der Waals surface area (Å²) >= 11 is 0. The van der Waals surface area contributed by atoms with Crippen LogP contribution in [0.15, 0.2) is 24.5 Å². The Morgan fingerprint density at radius 2 is 2.18 bits per heavy atom. The maximum Gasteiger partial charge on any atom is 0.316 e. The van der Waals surface area contributed by atoms with Crippen LogP contribution in [0, 0.1) is 0 Å². The van der Waals surface area contributed by atoms with Crippen LogP contribution in [0.5, 0.6) is 6.01 Å². The van der Waals surface area contributed by atoms with Crippen molar-refractivity contribution in [1.82, 2.24) is 24.5 Å². The fourth-order valence-electron chi connectivity index (χ4n) is 2.14. The zero-order valence-corrected chi connectivity index (χ0v) is 13.5. The monoisotopic (exact) mass is 325 g/mol. The first-order valence-corrected chi connectivity index (χ1v) is 8.48. The third kappa shape index (κ3) is 3.80. The van der Waals surface area contributed by atoms with Crippen molar-refractivity contribution in [2.45, 2.75) is 32.2 Å². The highest BCUT2D eigenvalue weighted by Gasteiger charge is 2.22. The van der Waals surface area contributed by atoms with Crippen molar-refractivity contribution in [2.75, 3.05) is 7.11 Å². The average molecular weight is 325 g/mol. The van der Waals surface area contributed by atoms with Crippen LogP contribution in [-0.4, -0.2) is 35.3 Å².